The van der Waals surface area contributed by atoms with Gasteiger partial charge in [-0.05, 0) is 55.0 Å². The molecule has 0 aliphatic heterocycles. The second-order valence-electron chi connectivity index (χ2n) is 4.18. The Hall–Kier alpha value is -1.77. The number of aliphatic carboxylic acids is 1. The first kappa shape index (κ1) is 10.7. The second kappa shape index (κ2) is 4.00. The second-order valence-corrected chi connectivity index (χ2v) is 4.18. The number of hydrogen-bond donors (Lipinski definition) is 2. The van der Waals surface area contributed by atoms with Gasteiger partial charge in [0.1, 0.15) is 0 Å². The Bertz CT molecular complexity index is 475. The van der Waals surface area contributed by atoms with Gasteiger partial charge in [0.05, 0.1) is 0 Å². The molecule has 1 aliphatic rings. The van der Waals surface area contributed by atoms with E-state index in [1.807, 2.05) is 18.2 Å². The van der Waals surface area contributed by atoms with Crippen LogP contribution in [0, 0.1) is 0 Å². The number of nitrogen functional groups attached to an aromatic ring is 1. The van der Waals surface area contributed by atoms with Crippen LogP contribution in [0.15, 0.2) is 23.8 Å². The van der Waals surface area contributed by atoms with Crippen LogP contribution in [0.25, 0.3) is 5.57 Å². The number of allylic oxidation sites excluding steroid dienone is 1. The number of hydrogen-bond acceptors (Lipinski definition) is 2. The van der Waals surface area contributed by atoms with Gasteiger partial charge in [-0.2, -0.15) is 0 Å². The van der Waals surface area contributed by atoms with Crippen molar-refractivity contribution < 1.29 is 9.90 Å². The first-order chi connectivity index (χ1) is 7.59. The summed E-state index contributed by atoms with van der Waals surface area (Å²) in [4.78, 5) is 11.0. The van der Waals surface area contributed by atoms with E-state index < -0.39 is 5.97 Å². The molecule has 0 saturated heterocycles. The average Bonchev–Trinajstić information content (AvgIpc) is 2.26. The van der Waals surface area contributed by atoms with Crippen molar-refractivity contribution in [3.63, 3.8) is 0 Å². The smallest absolute Gasteiger partial charge is 0.331 e. The summed E-state index contributed by atoms with van der Waals surface area (Å²) < 4.78 is 0. The normalized spacial score (nSPS) is 17.8. The molecule has 0 spiro atoms. The number of carboxylic acids is 1. The molecule has 1 aliphatic carbocycles. The zero-order chi connectivity index (χ0) is 11.7. The van der Waals surface area contributed by atoms with Gasteiger partial charge in [0.25, 0.3) is 0 Å². The number of benzene rings is 1. The molecule has 3 heteroatoms. The SMILES string of the molecule is C/C(C(=O)O)=C1/CCCc2cc(N)ccc21. The number of anilines is 1. The van der Waals surface area contributed by atoms with Gasteiger partial charge in [-0.15, -0.1) is 0 Å². The molecule has 0 unspecified atom stereocenters. The van der Waals surface area contributed by atoms with E-state index >= 15 is 0 Å². The fourth-order valence-electron chi connectivity index (χ4n) is 2.22. The lowest BCUT2D eigenvalue weighted by Crippen LogP contribution is -2.08. The summed E-state index contributed by atoms with van der Waals surface area (Å²) in [5, 5.41) is 9.03. The highest BCUT2D eigenvalue weighted by molar-refractivity contribution is 5.96. The van der Waals surface area contributed by atoms with E-state index in [0.29, 0.717) is 5.57 Å². The summed E-state index contributed by atoms with van der Waals surface area (Å²) in [7, 11) is 0. The molecule has 0 amide bonds. The number of nitrogens with two attached hydrogens (primary N) is 1. The van der Waals surface area contributed by atoms with E-state index in [4.69, 9.17) is 10.8 Å². The van der Waals surface area contributed by atoms with Crippen molar-refractivity contribution in [1.82, 2.24) is 0 Å². The van der Waals surface area contributed by atoms with Crippen molar-refractivity contribution >= 4 is 17.2 Å². The van der Waals surface area contributed by atoms with Crippen molar-refractivity contribution in [1.29, 1.82) is 0 Å². The number of rotatable bonds is 1. The monoisotopic (exact) mass is 217 g/mol. The molecule has 3 N–H and O–H groups in total. The van der Waals surface area contributed by atoms with Gasteiger partial charge in [-0.25, -0.2) is 4.79 Å². The predicted molar refractivity (Wildman–Crippen MR) is 64.0 cm³/mol. The Labute approximate surface area is 94.6 Å². The number of carboxylic acid groups (broad SMARTS) is 1. The topological polar surface area (TPSA) is 63.3 Å². The zero-order valence-electron chi connectivity index (χ0n) is 9.29. The highest BCUT2D eigenvalue weighted by Gasteiger charge is 2.18. The van der Waals surface area contributed by atoms with Crippen molar-refractivity contribution in [3.8, 4) is 0 Å². The van der Waals surface area contributed by atoms with E-state index in [-0.39, 0.29) is 0 Å². The van der Waals surface area contributed by atoms with Crippen LogP contribution in [0.1, 0.15) is 30.9 Å². The summed E-state index contributed by atoms with van der Waals surface area (Å²) in [5.41, 5.74) is 10.1. The number of fused-ring (bicyclic) bond motifs is 1. The molecular weight excluding hydrogens is 202 g/mol. The van der Waals surface area contributed by atoms with Crippen LogP contribution in [-0.2, 0) is 11.2 Å². The molecule has 0 aromatic heterocycles. The van der Waals surface area contributed by atoms with Crippen LogP contribution in [0.3, 0.4) is 0 Å². The third-order valence-corrected chi connectivity index (χ3v) is 3.10. The number of aryl methyl sites for hydroxylation is 1. The van der Waals surface area contributed by atoms with E-state index in [1.54, 1.807) is 6.92 Å². The summed E-state index contributed by atoms with van der Waals surface area (Å²) in [5.74, 6) is -0.834. The highest BCUT2D eigenvalue weighted by Crippen LogP contribution is 2.33. The first-order valence-electron chi connectivity index (χ1n) is 5.41. The minimum absolute atomic E-state index is 0.450. The molecule has 0 atom stereocenters. The van der Waals surface area contributed by atoms with Crippen LogP contribution in [-0.4, -0.2) is 11.1 Å². The minimum Gasteiger partial charge on any atom is -0.478 e. The van der Waals surface area contributed by atoms with Crippen LogP contribution >= 0.6 is 0 Å². The Balaban J connectivity index is 2.57. The fraction of sp³-hybridized carbons (Fsp3) is 0.308. The Morgan fingerprint density at radius 1 is 1.38 bits per heavy atom. The van der Waals surface area contributed by atoms with Gasteiger partial charge in [-0.1, -0.05) is 6.07 Å². The van der Waals surface area contributed by atoms with Gasteiger partial charge in [-0.3, -0.25) is 0 Å². The third-order valence-electron chi connectivity index (χ3n) is 3.10. The molecule has 3 nitrogen and oxygen atoms in total. The van der Waals surface area contributed by atoms with Gasteiger partial charge in [0.2, 0.25) is 0 Å². The molecule has 2 rings (SSSR count). The van der Waals surface area contributed by atoms with Crippen molar-refractivity contribution in [2.45, 2.75) is 26.2 Å². The Morgan fingerprint density at radius 3 is 2.81 bits per heavy atom. The van der Waals surface area contributed by atoms with Gasteiger partial charge >= 0.3 is 5.97 Å². The van der Waals surface area contributed by atoms with Crippen molar-refractivity contribution in [2.24, 2.45) is 0 Å². The van der Waals surface area contributed by atoms with Crippen LogP contribution in [0.5, 0.6) is 0 Å². The molecule has 1 aromatic rings. The van der Waals surface area contributed by atoms with E-state index in [1.165, 1.54) is 5.56 Å². The Morgan fingerprint density at radius 2 is 2.12 bits per heavy atom. The molecule has 84 valence electrons. The fourth-order valence-corrected chi connectivity index (χ4v) is 2.22. The van der Waals surface area contributed by atoms with E-state index in [9.17, 15) is 4.79 Å². The first-order valence-corrected chi connectivity index (χ1v) is 5.41. The molecular formula is C13H15NO2. The molecule has 0 fully saturated rings. The minimum atomic E-state index is -0.834. The summed E-state index contributed by atoms with van der Waals surface area (Å²) in [6, 6.07) is 5.72. The third kappa shape index (κ3) is 1.81. The van der Waals surface area contributed by atoms with Gasteiger partial charge in [0, 0.05) is 11.3 Å². The Kier molecular flexibility index (Phi) is 2.69. The van der Waals surface area contributed by atoms with Crippen LogP contribution in [0.4, 0.5) is 5.69 Å². The maximum Gasteiger partial charge on any atom is 0.331 e. The summed E-state index contributed by atoms with van der Waals surface area (Å²) >= 11 is 0. The lowest BCUT2D eigenvalue weighted by Gasteiger charge is -2.20. The largest absolute Gasteiger partial charge is 0.478 e. The summed E-state index contributed by atoms with van der Waals surface area (Å²) in [6.45, 7) is 1.67. The van der Waals surface area contributed by atoms with Crippen LogP contribution in [0.2, 0.25) is 0 Å². The van der Waals surface area contributed by atoms with E-state index in [2.05, 4.69) is 0 Å². The lowest BCUT2D eigenvalue weighted by molar-refractivity contribution is -0.132. The standard InChI is InChI=1S/C13H15NO2/c1-8(13(15)16)11-4-2-3-9-7-10(14)5-6-12(9)11/h5-7H,2-4,14H2,1H3,(H,15,16)/b11-8+. The predicted octanol–water partition coefficient (Wildman–Crippen LogP) is 2.46. The average molecular weight is 217 g/mol. The van der Waals surface area contributed by atoms with Gasteiger partial charge in [0.15, 0.2) is 0 Å². The molecule has 1 aromatic carbocycles. The van der Waals surface area contributed by atoms with Gasteiger partial charge < -0.3 is 10.8 Å². The maximum atomic E-state index is 11.0. The van der Waals surface area contributed by atoms with Crippen molar-refractivity contribution in [2.75, 3.05) is 5.73 Å². The summed E-state index contributed by atoms with van der Waals surface area (Å²) in [6.07, 6.45) is 2.82. The molecule has 0 bridgehead atoms. The molecule has 0 radical (unpaired) electrons. The molecule has 0 heterocycles. The molecule has 16 heavy (non-hydrogen) atoms. The number of carbonyl (C=O) groups is 1. The zero-order valence-corrected chi connectivity index (χ0v) is 9.29. The lowest BCUT2D eigenvalue weighted by atomic mass is 9.85. The molecule has 0 saturated carbocycles. The quantitative estimate of drug-likeness (QED) is 0.561. The van der Waals surface area contributed by atoms with Crippen LogP contribution < -0.4 is 5.73 Å². The maximum absolute atomic E-state index is 11.0. The highest BCUT2D eigenvalue weighted by atomic mass is 16.4. The van der Waals surface area contributed by atoms with Crippen molar-refractivity contribution in [3.05, 3.63) is 34.9 Å². The van der Waals surface area contributed by atoms with E-state index in [0.717, 1.165) is 36.1 Å².